The summed E-state index contributed by atoms with van der Waals surface area (Å²) in [6, 6.07) is 9.20. The third-order valence-electron chi connectivity index (χ3n) is 2.97. The molecule has 1 aliphatic heterocycles. The minimum atomic E-state index is 0.842. The number of nitrogens with zero attached hydrogens (tertiary/aromatic N) is 1. The predicted molar refractivity (Wildman–Crippen MR) is 61.2 cm³/mol. The van der Waals surface area contributed by atoms with Gasteiger partial charge in [0, 0.05) is 12.6 Å². The predicted octanol–water partition coefficient (Wildman–Crippen LogP) is 2.13. The molecule has 2 rings (SSSR count). The highest BCUT2D eigenvalue weighted by molar-refractivity contribution is 5.27. The van der Waals surface area contributed by atoms with Crippen molar-refractivity contribution >= 4 is 0 Å². The standard InChI is InChI=1S/C13H18NO/c1-15-13-6-4-5-12(11-13)7-10-14-8-2-3-9-14/h4-5,11H,2-3,7-10H2,1H3. The van der Waals surface area contributed by atoms with Crippen LogP contribution in [0.2, 0.25) is 0 Å². The van der Waals surface area contributed by atoms with Crippen molar-refractivity contribution < 1.29 is 4.74 Å². The lowest BCUT2D eigenvalue weighted by atomic mass is 10.1. The van der Waals surface area contributed by atoms with Crippen molar-refractivity contribution in [2.45, 2.75) is 19.3 Å². The van der Waals surface area contributed by atoms with Gasteiger partial charge in [0.25, 0.3) is 0 Å². The minimum absolute atomic E-state index is 0.842. The number of likely N-dealkylation sites (tertiary alicyclic amines) is 1. The lowest BCUT2D eigenvalue weighted by molar-refractivity contribution is 0.343. The molecule has 0 aromatic heterocycles. The van der Waals surface area contributed by atoms with Crippen LogP contribution in [0.25, 0.3) is 0 Å². The maximum atomic E-state index is 5.16. The van der Waals surface area contributed by atoms with Gasteiger partial charge in [-0.2, -0.15) is 0 Å². The summed E-state index contributed by atoms with van der Waals surface area (Å²) in [6.45, 7) is 3.72. The summed E-state index contributed by atoms with van der Waals surface area (Å²) < 4.78 is 5.16. The highest BCUT2D eigenvalue weighted by atomic mass is 16.5. The molecule has 1 heterocycles. The van der Waals surface area contributed by atoms with Crippen molar-refractivity contribution in [3.63, 3.8) is 0 Å². The fraction of sp³-hybridized carbons (Fsp3) is 0.538. The summed E-state index contributed by atoms with van der Waals surface area (Å²) in [6.07, 6.45) is 3.85. The maximum absolute atomic E-state index is 5.16. The number of ether oxygens (including phenoxy) is 1. The second-order valence-electron chi connectivity index (χ2n) is 4.06. The van der Waals surface area contributed by atoms with Gasteiger partial charge in [0.05, 0.1) is 7.11 Å². The minimum Gasteiger partial charge on any atom is -0.496 e. The van der Waals surface area contributed by atoms with Crippen LogP contribution in [0, 0.1) is 6.07 Å². The Hall–Kier alpha value is -1.02. The van der Waals surface area contributed by atoms with Crippen molar-refractivity contribution in [1.82, 2.24) is 4.90 Å². The molecule has 1 aromatic rings. The summed E-state index contributed by atoms with van der Waals surface area (Å²) in [5.41, 5.74) is 1.34. The summed E-state index contributed by atoms with van der Waals surface area (Å²) >= 11 is 0. The smallest absolute Gasteiger partial charge is 0.127 e. The van der Waals surface area contributed by atoms with Crippen molar-refractivity contribution in [3.05, 3.63) is 29.8 Å². The Morgan fingerprint density at radius 2 is 2.20 bits per heavy atom. The monoisotopic (exact) mass is 204 g/mol. The molecule has 81 valence electrons. The Labute approximate surface area is 91.9 Å². The highest BCUT2D eigenvalue weighted by Crippen LogP contribution is 2.14. The molecular formula is C13H18NO. The van der Waals surface area contributed by atoms with E-state index in [9.17, 15) is 0 Å². The second kappa shape index (κ2) is 5.17. The molecule has 2 heteroatoms. The third kappa shape index (κ3) is 2.96. The zero-order chi connectivity index (χ0) is 10.5. The lowest BCUT2D eigenvalue weighted by Gasteiger charge is -2.14. The summed E-state index contributed by atoms with van der Waals surface area (Å²) in [5.74, 6) is 0.842. The van der Waals surface area contributed by atoms with Crippen LogP contribution in [0.3, 0.4) is 0 Å². The van der Waals surface area contributed by atoms with Gasteiger partial charge in [-0.25, -0.2) is 0 Å². The van der Waals surface area contributed by atoms with Gasteiger partial charge >= 0.3 is 0 Å². The van der Waals surface area contributed by atoms with Crippen LogP contribution in [0.5, 0.6) is 5.75 Å². The molecule has 2 nitrogen and oxygen atoms in total. The molecule has 1 saturated heterocycles. The van der Waals surface area contributed by atoms with Gasteiger partial charge in [-0.1, -0.05) is 12.1 Å². The van der Waals surface area contributed by atoms with Gasteiger partial charge in [-0.15, -0.1) is 0 Å². The fourth-order valence-electron chi connectivity index (χ4n) is 2.06. The van der Waals surface area contributed by atoms with Crippen LogP contribution in [0.15, 0.2) is 18.2 Å². The summed E-state index contributed by atoms with van der Waals surface area (Å²) in [7, 11) is 1.69. The number of methoxy groups -OCH3 is 1. The SMILES string of the molecule is COc1[c]ccc(CCN2CCCC2)c1. The first-order valence-corrected chi connectivity index (χ1v) is 5.65. The van der Waals surface area contributed by atoms with Crippen molar-refractivity contribution in [3.8, 4) is 5.75 Å². The summed E-state index contributed by atoms with van der Waals surface area (Å²) in [5, 5.41) is 0. The van der Waals surface area contributed by atoms with E-state index in [4.69, 9.17) is 4.74 Å². The molecule has 0 unspecified atom stereocenters. The number of benzene rings is 1. The molecule has 1 aliphatic rings. The van der Waals surface area contributed by atoms with Crippen molar-refractivity contribution in [2.24, 2.45) is 0 Å². The highest BCUT2D eigenvalue weighted by Gasteiger charge is 2.10. The second-order valence-corrected chi connectivity index (χ2v) is 4.06. The van der Waals surface area contributed by atoms with Crippen molar-refractivity contribution in [2.75, 3.05) is 26.7 Å². The van der Waals surface area contributed by atoms with E-state index in [0.717, 1.165) is 12.2 Å². The number of hydrogen-bond acceptors (Lipinski definition) is 2. The Bertz CT molecular complexity index is 305. The normalized spacial score (nSPS) is 16.9. The van der Waals surface area contributed by atoms with Gasteiger partial charge < -0.3 is 9.64 Å². The molecule has 0 aliphatic carbocycles. The first-order chi connectivity index (χ1) is 7.38. The Balaban J connectivity index is 1.86. The molecule has 0 bridgehead atoms. The molecule has 0 saturated carbocycles. The first-order valence-electron chi connectivity index (χ1n) is 5.65. The number of rotatable bonds is 4. The Kier molecular flexibility index (Phi) is 3.62. The van der Waals surface area contributed by atoms with Crippen molar-refractivity contribution in [1.29, 1.82) is 0 Å². The van der Waals surface area contributed by atoms with E-state index in [2.05, 4.69) is 23.1 Å². The molecule has 15 heavy (non-hydrogen) atoms. The maximum Gasteiger partial charge on any atom is 0.127 e. The molecule has 1 fully saturated rings. The molecule has 1 radical (unpaired) electrons. The van der Waals surface area contributed by atoms with Gasteiger partial charge in [-0.05, 0) is 44.0 Å². The van der Waals surface area contributed by atoms with Crippen LogP contribution in [-0.4, -0.2) is 31.6 Å². The van der Waals surface area contributed by atoms with E-state index in [-0.39, 0.29) is 0 Å². The zero-order valence-electron chi connectivity index (χ0n) is 9.33. The average Bonchev–Trinajstić information content (AvgIpc) is 2.79. The molecule has 0 N–H and O–H groups in total. The fourth-order valence-corrected chi connectivity index (χ4v) is 2.06. The van der Waals surface area contributed by atoms with E-state index in [1.807, 2.05) is 6.07 Å². The topological polar surface area (TPSA) is 12.5 Å². The van der Waals surface area contributed by atoms with E-state index in [1.165, 1.54) is 38.0 Å². The molecular weight excluding hydrogens is 186 g/mol. The van der Waals surface area contributed by atoms with E-state index in [1.54, 1.807) is 7.11 Å². The van der Waals surface area contributed by atoms with Crippen LogP contribution >= 0.6 is 0 Å². The number of hydrogen-bond donors (Lipinski definition) is 0. The zero-order valence-corrected chi connectivity index (χ0v) is 9.33. The molecule has 0 atom stereocenters. The van der Waals surface area contributed by atoms with Gasteiger partial charge in [0.1, 0.15) is 5.75 Å². The van der Waals surface area contributed by atoms with Crippen LogP contribution < -0.4 is 4.74 Å². The van der Waals surface area contributed by atoms with E-state index >= 15 is 0 Å². The quantitative estimate of drug-likeness (QED) is 0.745. The van der Waals surface area contributed by atoms with Crippen LogP contribution in [0.1, 0.15) is 18.4 Å². The Morgan fingerprint density at radius 3 is 2.93 bits per heavy atom. The third-order valence-corrected chi connectivity index (χ3v) is 2.97. The largest absolute Gasteiger partial charge is 0.496 e. The molecule has 1 aromatic carbocycles. The van der Waals surface area contributed by atoms with E-state index < -0.39 is 0 Å². The van der Waals surface area contributed by atoms with Gasteiger partial charge in [0.15, 0.2) is 0 Å². The summed E-state index contributed by atoms with van der Waals surface area (Å²) in [4.78, 5) is 2.53. The lowest BCUT2D eigenvalue weighted by Crippen LogP contribution is -2.21. The molecule has 0 spiro atoms. The van der Waals surface area contributed by atoms with Crippen LogP contribution in [-0.2, 0) is 6.42 Å². The average molecular weight is 204 g/mol. The van der Waals surface area contributed by atoms with Gasteiger partial charge in [0.2, 0.25) is 0 Å². The Morgan fingerprint density at radius 1 is 1.40 bits per heavy atom. The van der Waals surface area contributed by atoms with Crippen LogP contribution in [0.4, 0.5) is 0 Å². The van der Waals surface area contributed by atoms with E-state index in [0.29, 0.717) is 0 Å². The first kappa shape index (κ1) is 10.5. The molecule has 0 amide bonds. The van der Waals surface area contributed by atoms with Gasteiger partial charge in [-0.3, -0.25) is 0 Å².